The fraction of sp³-hybridized carbons (Fsp3) is 0.300. The molecule has 1 amide bonds. The minimum Gasteiger partial charge on any atom is -0.447 e. The molecule has 5 heteroatoms. The van der Waals surface area contributed by atoms with Gasteiger partial charge in [-0.15, -0.1) is 0 Å². The summed E-state index contributed by atoms with van der Waals surface area (Å²) < 4.78 is 18.4. The van der Waals surface area contributed by atoms with Crippen LogP contribution in [0.1, 0.15) is 12.5 Å². The van der Waals surface area contributed by atoms with Crippen molar-refractivity contribution in [2.24, 2.45) is 0 Å². The SMILES string of the molecule is CC1(c2ccc(F)cc2Br)COC(=O)N1. The number of amides is 1. The van der Waals surface area contributed by atoms with Crippen molar-refractivity contribution < 1.29 is 13.9 Å². The van der Waals surface area contributed by atoms with Crippen LogP contribution < -0.4 is 5.32 Å². The molecule has 80 valence electrons. The maximum Gasteiger partial charge on any atom is 0.408 e. The van der Waals surface area contributed by atoms with Gasteiger partial charge >= 0.3 is 6.09 Å². The van der Waals surface area contributed by atoms with E-state index in [2.05, 4.69) is 21.2 Å². The van der Waals surface area contributed by atoms with E-state index in [1.165, 1.54) is 12.1 Å². The van der Waals surface area contributed by atoms with Crippen LogP contribution >= 0.6 is 15.9 Å². The second-order valence-corrected chi connectivity index (χ2v) is 4.51. The number of rotatable bonds is 1. The molecule has 0 aliphatic carbocycles. The third-order valence-electron chi connectivity index (χ3n) is 2.40. The number of halogens is 2. The molecule has 1 N–H and O–H groups in total. The molecule has 1 saturated heterocycles. The zero-order valence-corrected chi connectivity index (χ0v) is 9.60. The Hall–Kier alpha value is -1.10. The Kier molecular flexibility index (Phi) is 2.42. The number of cyclic esters (lactones) is 1. The van der Waals surface area contributed by atoms with Gasteiger partial charge in [0, 0.05) is 4.47 Å². The molecule has 0 spiro atoms. The van der Waals surface area contributed by atoms with Gasteiger partial charge in [-0.05, 0) is 24.6 Å². The second kappa shape index (κ2) is 3.48. The molecule has 0 saturated carbocycles. The molecule has 1 aromatic rings. The highest BCUT2D eigenvalue weighted by atomic mass is 79.9. The summed E-state index contributed by atoms with van der Waals surface area (Å²) in [5.41, 5.74) is 0.207. The van der Waals surface area contributed by atoms with Gasteiger partial charge in [-0.3, -0.25) is 0 Å². The van der Waals surface area contributed by atoms with Crippen LogP contribution in [0.15, 0.2) is 22.7 Å². The van der Waals surface area contributed by atoms with E-state index in [9.17, 15) is 9.18 Å². The van der Waals surface area contributed by atoms with E-state index in [0.29, 0.717) is 4.47 Å². The van der Waals surface area contributed by atoms with Gasteiger partial charge in [0.2, 0.25) is 0 Å². The Balaban J connectivity index is 2.41. The fourth-order valence-corrected chi connectivity index (χ4v) is 2.38. The summed E-state index contributed by atoms with van der Waals surface area (Å²) in [6.45, 7) is 2.08. The van der Waals surface area contributed by atoms with Crippen LogP contribution in [0.2, 0.25) is 0 Å². The zero-order chi connectivity index (χ0) is 11.1. The predicted molar refractivity (Wildman–Crippen MR) is 55.9 cm³/mol. The van der Waals surface area contributed by atoms with Crippen LogP contribution in [0.4, 0.5) is 9.18 Å². The van der Waals surface area contributed by atoms with Gasteiger partial charge in [0.15, 0.2) is 0 Å². The smallest absolute Gasteiger partial charge is 0.408 e. The van der Waals surface area contributed by atoms with Gasteiger partial charge < -0.3 is 10.1 Å². The molecule has 2 rings (SSSR count). The van der Waals surface area contributed by atoms with E-state index in [-0.39, 0.29) is 12.4 Å². The van der Waals surface area contributed by atoms with Gasteiger partial charge in [-0.1, -0.05) is 22.0 Å². The highest BCUT2D eigenvalue weighted by molar-refractivity contribution is 9.10. The Morgan fingerprint density at radius 3 is 2.87 bits per heavy atom. The minimum atomic E-state index is -0.594. The first kappa shape index (κ1) is 10.4. The summed E-state index contributed by atoms with van der Waals surface area (Å²) >= 11 is 3.27. The molecule has 0 aromatic heterocycles. The Morgan fingerprint density at radius 2 is 2.33 bits per heavy atom. The maximum absolute atomic E-state index is 12.9. The first-order chi connectivity index (χ1) is 7.01. The summed E-state index contributed by atoms with van der Waals surface area (Å²) in [5.74, 6) is -0.320. The lowest BCUT2D eigenvalue weighted by molar-refractivity contribution is 0.173. The van der Waals surface area contributed by atoms with Crippen molar-refractivity contribution in [1.29, 1.82) is 0 Å². The average Bonchev–Trinajstić information content (AvgIpc) is 2.46. The fourth-order valence-electron chi connectivity index (χ4n) is 1.59. The van der Waals surface area contributed by atoms with Crippen LogP contribution in [0.3, 0.4) is 0 Å². The Morgan fingerprint density at radius 1 is 1.60 bits per heavy atom. The van der Waals surface area contributed by atoms with Crippen LogP contribution in [0.5, 0.6) is 0 Å². The van der Waals surface area contributed by atoms with E-state index < -0.39 is 11.6 Å². The van der Waals surface area contributed by atoms with Crippen molar-refractivity contribution in [3.63, 3.8) is 0 Å². The standard InChI is InChI=1S/C10H9BrFNO2/c1-10(5-15-9(14)13-10)7-3-2-6(12)4-8(7)11/h2-4H,5H2,1H3,(H,13,14). The summed E-state index contributed by atoms with van der Waals surface area (Å²) in [4.78, 5) is 11.0. The van der Waals surface area contributed by atoms with Gasteiger partial charge in [-0.25, -0.2) is 9.18 Å². The Labute approximate surface area is 94.7 Å². The monoisotopic (exact) mass is 273 g/mol. The van der Waals surface area contributed by atoms with Crippen molar-refractivity contribution in [3.8, 4) is 0 Å². The molecule has 1 aliphatic heterocycles. The molecular weight excluding hydrogens is 265 g/mol. The van der Waals surface area contributed by atoms with Crippen molar-refractivity contribution in [2.75, 3.05) is 6.61 Å². The number of benzene rings is 1. The van der Waals surface area contributed by atoms with Crippen LogP contribution in [0.25, 0.3) is 0 Å². The van der Waals surface area contributed by atoms with E-state index in [4.69, 9.17) is 4.74 Å². The van der Waals surface area contributed by atoms with Gasteiger partial charge in [-0.2, -0.15) is 0 Å². The highest BCUT2D eigenvalue weighted by Crippen LogP contribution is 2.31. The van der Waals surface area contributed by atoms with Gasteiger partial charge in [0.1, 0.15) is 18.0 Å². The molecule has 1 atom stereocenters. The van der Waals surface area contributed by atoms with Crippen molar-refractivity contribution in [1.82, 2.24) is 5.32 Å². The third kappa shape index (κ3) is 1.84. The molecule has 1 aromatic carbocycles. The predicted octanol–water partition coefficient (Wildman–Crippen LogP) is 2.54. The molecule has 0 bridgehead atoms. The highest BCUT2D eigenvalue weighted by Gasteiger charge is 2.37. The molecular formula is C10H9BrFNO2. The second-order valence-electron chi connectivity index (χ2n) is 3.66. The summed E-state index contributed by atoms with van der Waals surface area (Å²) in [6.07, 6.45) is -0.450. The Bertz CT molecular complexity index is 424. The van der Waals surface area contributed by atoms with E-state index in [0.717, 1.165) is 5.56 Å². The van der Waals surface area contributed by atoms with Gasteiger partial charge in [0.05, 0.1) is 0 Å². The summed E-state index contributed by atoms with van der Waals surface area (Å²) in [6, 6.07) is 4.36. The first-order valence-electron chi connectivity index (χ1n) is 4.42. The third-order valence-corrected chi connectivity index (χ3v) is 3.05. The van der Waals surface area contributed by atoms with E-state index >= 15 is 0 Å². The molecule has 1 heterocycles. The molecule has 15 heavy (non-hydrogen) atoms. The number of ether oxygens (including phenoxy) is 1. The number of hydrogen-bond donors (Lipinski definition) is 1. The largest absolute Gasteiger partial charge is 0.447 e. The minimum absolute atomic E-state index is 0.246. The normalized spacial score (nSPS) is 24.9. The molecule has 3 nitrogen and oxygen atoms in total. The summed E-state index contributed by atoms with van der Waals surface area (Å²) in [5, 5.41) is 2.69. The number of nitrogens with one attached hydrogen (secondary N) is 1. The molecule has 1 aliphatic rings. The van der Waals surface area contributed by atoms with E-state index in [1.807, 2.05) is 6.92 Å². The maximum atomic E-state index is 12.9. The van der Waals surface area contributed by atoms with E-state index in [1.54, 1.807) is 6.07 Å². The number of carbonyl (C=O) groups excluding carboxylic acids is 1. The van der Waals surface area contributed by atoms with Crippen molar-refractivity contribution >= 4 is 22.0 Å². The van der Waals surface area contributed by atoms with Crippen molar-refractivity contribution in [3.05, 3.63) is 34.1 Å². The van der Waals surface area contributed by atoms with Crippen LogP contribution in [0, 0.1) is 5.82 Å². The van der Waals surface area contributed by atoms with Gasteiger partial charge in [0.25, 0.3) is 0 Å². The first-order valence-corrected chi connectivity index (χ1v) is 5.21. The molecule has 1 fully saturated rings. The lowest BCUT2D eigenvalue weighted by atomic mass is 9.94. The van der Waals surface area contributed by atoms with Crippen LogP contribution in [-0.4, -0.2) is 12.7 Å². The lowest BCUT2D eigenvalue weighted by Gasteiger charge is -2.22. The zero-order valence-electron chi connectivity index (χ0n) is 8.01. The number of hydrogen-bond acceptors (Lipinski definition) is 2. The lowest BCUT2D eigenvalue weighted by Crippen LogP contribution is -2.37. The molecule has 0 radical (unpaired) electrons. The number of carbonyl (C=O) groups is 1. The average molecular weight is 274 g/mol. The van der Waals surface area contributed by atoms with Crippen molar-refractivity contribution in [2.45, 2.75) is 12.5 Å². The van der Waals surface area contributed by atoms with Crippen LogP contribution in [-0.2, 0) is 10.3 Å². The number of alkyl carbamates (subject to hydrolysis) is 1. The summed E-state index contributed by atoms with van der Waals surface area (Å²) in [7, 11) is 0. The topological polar surface area (TPSA) is 38.3 Å². The quantitative estimate of drug-likeness (QED) is 0.854. The molecule has 1 unspecified atom stereocenters.